The van der Waals surface area contributed by atoms with Crippen molar-refractivity contribution in [2.45, 2.75) is 26.2 Å². The lowest BCUT2D eigenvalue weighted by molar-refractivity contribution is -0.118. The lowest BCUT2D eigenvalue weighted by Gasteiger charge is -2.23. The van der Waals surface area contributed by atoms with Crippen LogP contribution in [0.5, 0.6) is 5.75 Å². The molecule has 1 aromatic rings. The van der Waals surface area contributed by atoms with Gasteiger partial charge in [0.05, 0.1) is 5.57 Å². The molecule has 1 aromatic carbocycles. The van der Waals surface area contributed by atoms with Gasteiger partial charge in [-0.3, -0.25) is 4.79 Å². The smallest absolute Gasteiger partial charge is 0.170 e. The summed E-state index contributed by atoms with van der Waals surface area (Å²) in [5, 5.41) is 20.1. The van der Waals surface area contributed by atoms with Gasteiger partial charge in [-0.25, -0.2) is 0 Å². The number of hydrogen-bond donors (Lipinski definition) is 2. The van der Waals surface area contributed by atoms with Crippen LogP contribution in [0.15, 0.2) is 24.0 Å². The van der Waals surface area contributed by atoms with Crippen molar-refractivity contribution in [1.82, 2.24) is 0 Å². The quantitative estimate of drug-likeness (QED) is 0.823. The Balaban J connectivity index is 1.84. The standard InChI is InChI=1S/C17H18O3/c1-8-6-11(18)4-5-12(8)15-16(19)13-9-2-3-10(7-9)14(13)17(15)20/h4-6,9-10,13-14,18-19H,2-3,7H2,1H3. The van der Waals surface area contributed by atoms with Crippen molar-refractivity contribution in [3.05, 3.63) is 35.1 Å². The minimum absolute atomic E-state index is 0.0111. The molecule has 2 fully saturated rings. The van der Waals surface area contributed by atoms with Gasteiger partial charge in [0.15, 0.2) is 5.78 Å². The van der Waals surface area contributed by atoms with Crippen molar-refractivity contribution in [2.24, 2.45) is 23.7 Å². The molecule has 0 heterocycles. The molecular weight excluding hydrogens is 252 g/mol. The Morgan fingerprint density at radius 2 is 1.80 bits per heavy atom. The highest BCUT2D eigenvalue weighted by Gasteiger charge is 2.57. The van der Waals surface area contributed by atoms with E-state index >= 15 is 0 Å². The van der Waals surface area contributed by atoms with Crippen LogP contribution in [-0.2, 0) is 4.79 Å². The van der Waals surface area contributed by atoms with E-state index in [2.05, 4.69) is 0 Å². The fourth-order valence-electron chi connectivity index (χ4n) is 4.72. The highest BCUT2D eigenvalue weighted by Crippen LogP contribution is 2.59. The second-order valence-corrected chi connectivity index (χ2v) is 6.51. The van der Waals surface area contributed by atoms with E-state index in [1.54, 1.807) is 18.2 Å². The molecule has 0 amide bonds. The third-order valence-corrected chi connectivity index (χ3v) is 5.52. The number of fused-ring (bicyclic) bond motifs is 5. The molecule has 2 N–H and O–H groups in total. The molecule has 3 aliphatic carbocycles. The summed E-state index contributed by atoms with van der Waals surface area (Å²) in [7, 11) is 0. The van der Waals surface area contributed by atoms with Crippen LogP contribution in [0, 0.1) is 30.6 Å². The van der Waals surface area contributed by atoms with Crippen molar-refractivity contribution in [1.29, 1.82) is 0 Å². The van der Waals surface area contributed by atoms with Gasteiger partial charge in [0, 0.05) is 11.8 Å². The average molecular weight is 270 g/mol. The summed E-state index contributed by atoms with van der Waals surface area (Å²) in [6.07, 6.45) is 3.38. The molecule has 2 saturated carbocycles. The Morgan fingerprint density at radius 3 is 2.45 bits per heavy atom. The van der Waals surface area contributed by atoms with Gasteiger partial charge in [0.1, 0.15) is 11.5 Å². The summed E-state index contributed by atoms with van der Waals surface area (Å²) in [6, 6.07) is 4.97. The zero-order valence-electron chi connectivity index (χ0n) is 11.5. The molecule has 0 aromatic heterocycles. The summed E-state index contributed by atoms with van der Waals surface area (Å²) in [4.78, 5) is 12.7. The summed E-state index contributed by atoms with van der Waals surface area (Å²) in [6.45, 7) is 1.87. The molecule has 4 atom stereocenters. The van der Waals surface area contributed by atoms with Crippen LogP contribution in [-0.4, -0.2) is 16.0 Å². The largest absolute Gasteiger partial charge is 0.511 e. The topological polar surface area (TPSA) is 57.5 Å². The Bertz CT molecular complexity index is 644. The molecule has 104 valence electrons. The maximum atomic E-state index is 12.7. The lowest BCUT2D eigenvalue weighted by atomic mass is 9.80. The first kappa shape index (κ1) is 12.0. The van der Waals surface area contributed by atoms with Crippen molar-refractivity contribution in [3.63, 3.8) is 0 Å². The molecule has 0 radical (unpaired) electrons. The van der Waals surface area contributed by atoms with E-state index in [0.717, 1.165) is 30.4 Å². The number of Topliss-reactive ketones (excluding diaryl/α,β-unsaturated/α-hetero) is 1. The number of benzene rings is 1. The van der Waals surface area contributed by atoms with E-state index < -0.39 is 0 Å². The van der Waals surface area contributed by atoms with E-state index in [1.165, 1.54) is 0 Å². The zero-order chi connectivity index (χ0) is 14.0. The molecule has 20 heavy (non-hydrogen) atoms. The molecule has 0 aliphatic heterocycles. The monoisotopic (exact) mass is 270 g/mol. The minimum Gasteiger partial charge on any atom is -0.511 e. The minimum atomic E-state index is 0.0111. The van der Waals surface area contributed by atoms with E-state index in [-0.39, 0.29) is 23.4 Å². The maximum absolute atomic E-state index is 12.7. The SMILES string of the molecule is Cc1cc(O)ccc1C1=C(O)C2C3CCC(C3)C2C1=O. The van der Waals surface area contributed by atoms with Crippen molar-refractivity contribution >= 4 is 11.4 Å². The van der Waals surface area contributed by atoms with E-state index in [9.17, 15) is 15.0 Å². The number of rotatable bonds is 1. The summed E-state index contributed by atoms with van der Waals surface area (Å²) < 4.78 is 0. The number of phenols is 1. The van der Waals surface area contributed by atoms with Crippen LogP contribution in [0.25, 0.3) is 5.57 Å². The van der Waals surface area contributed by atoms with Crippen LogP contribution in [0.2, 0.25) is 0 Å². The normalized spacial score (nSPS) is 35.0. The number of aliphatic hydroxyl groups is 1. The Labute approximate surface area is 117 Å². The van der Waals surface area contributed by atoms with Gasteiger partial charge in [-0.15, -0.1) is 0 Å². The first-order valence-corrected chi connectivity index (χ1v) is 7.35. The second-order valence-electron chi connectivity index (χ2n) is 6.51. The average Bonchev–Trinajstić information content (AvgIpc) is 3.06. The first-order chi connectivity index (χ1) is 9.58. The van der Waals surface area contributed by atoms with Gasteiger partial charge in [0.25, 0.3) is 0 Å². The molecular formula is C17H18O3. The van der Waals surface area contributed by atoms with Crippen LogP contribution in [0.4, 0.5) is 0 Å². The van der Waals surface area contributed by atoms with Crippen LogP contribution < -0.4 is 0 Å². The molecule has 0 spiro atoms. The number of carbonyl (C=O) groups is 1. The van der Waals surface area contributed by atoms with Crippen molar-refractivity contribution in [3.8, 4) is 5.75 Å². The predicted molar refractivity (Wildman–Crippen MR) is 75.2 cm³/mol. The Morgan fingerprint density at radius 1 is 1.10 bits per heavy atom. The Kier molecular flexibility index (Phi) is 2.33. The molecule has 3 heteroatoms. The molecule has 2 bridgehead atoms. The number of aromatic hydroxyl groups is 1. The highest BCUT2D eigenvalue weighted by atomic mass is 16.3. The third kappa shape index (κ3) is 1.38. The number of allylic oxidation sites excluding steroid dienone is 2. The fourth-order valence-corrected chi connectivity index (χ4v) is 4.72. The summed E-state index contributed by atoms with van der Waals surface area (Å²) in [5.74, 6) is 1.64. The van der Waals surface area contributed by atoms with Crippen LogP contribution in [0.1, 0.15) is 30.4 Å². The number of aryl methyl sites for hydroxylation is 1. The molecule has 4 rings (SSSR count). The summed E-state index contributed by atoms with van der Waals surface area (Å²) in [5.41, 5.74) is 2.13. The second kappa shape index (κ2) is 3.87. The zero-order valence-corrected chi connectivity index (χ0v) is 11.5. The highest BCUT2D eigenvalue weighted by molar-refractivity contribution is 6.25. The molecule has 3 aliphatic rings. The number of carbonyl (C=O) groups excluding carboxylic acids is 1. The van der Waals surface area contributed by atoms with Gasteiger partial charge in [-0.1, -0.05) is 6.07 Å². The first-order valence-electron chi connectivity index (χ1n) is 7.35. The maximum Gasteiger partial charge on any atom is 0.170 e. The number of phenolic OH excluding ortho intramolecular Hbond substituents is 1. The number of ketones is 1. The third-order valence-electron chi connectivity index (χ3n) is 5.52. The lowest BCUT2D eigenvalue weighted by Crippen LogP contribution is -2.24. The van der Waals surface area contributed by atoms with E-state index in [4.69, 9.17) is 0 Å². The fraction of sp³-hybridized carbons (Fsp3) is 0.471. The number of aliphatic hydroxyl groups excluding tert-OH is 1. The number of hydrogen-bond acceptors (Lipinski definition) is 3. The van der Waals surface area contributed by atoms with Gasteiger partial charge < -0.3 is 10.2 Å². The van der Waals surface area contributed by atoms with E-state index in [1.807, 2.05) is 6.92 Å². The van der Waals surface area contributed by atoms with Gasteiger partial charge in [-0.2, -0.15) is 0 Å². The van der Waals surface area contributed by atoms with Crippen LogP contribution in [0.3, 0.4) is 0 Å². The van der Waals surface area contributed by atoms with Gasteiger partial charge >= 0.3 is 0 Å². The Hall–Kier alpha value is -1.77. The summed E-state index contributed by atoms with van der Waals surface area (Å²) >= 11 is 0. The predicted octanol–water partition coefficient (Wildman–Crippen LogP) is 3.21. The van der Waals surface area contributed by atoms with Crippen LogP contribution >= 0.6 is 0 Å². The molecule has 3 nitrogen and oxygen atoms in total. The molecule has 4 unspecified atom stereocenters. The molecule has 0 saturated heterocycles. The van der Waals surface area contributed by atoms with Crippen molar-refractivity contribution < 1.29 is 15.0 Å². The van der Waals surface area contributed by atoms with Crippen molar-refractivity contribution in [2.75, 3.05) is 0 Å². The van der Waals surface area contributed by atoms with E-state index in [0.29, 0.717) is 23.2 Å². The van der Waals surface area contributed by atoms with Gasteiger partial charge in [0.2, 0.25) is 0 Å². The van der Waals surface area contributed by atoms with Gasteiger partial charge in [-0.05, 0) is 61.3 Å².